The molecule has 2 heterocycles. The van der Waals surface area contributed by atoms with Crippen LogP contribution in [0.1, 0.15) is 61.2 Å². The first-order chi connectivity index (χ1) is 12.6. The molecule has 1 saturated heterocycles. The zero-order valence-corrected chi connectivity index (χ0v) is 16.1. The first kappa shape index (κ1) is 17.6. The summed E-state index contributed by atoms with van der Waals surface area (Å²) in [6.45, 7) is 1.46. The molecule has 1 aliphatic heterocycles. The number of likely N-dealkylation sites (tertiary alicyclic amines) is 1. The Labute approximate surface area is 160 Å². The number of rotatable bonds is 5. The van der Waals surface area contributed by atoms with Gasteiger partial charge in [-0.15, -0.1) is 0 Å². The zero-order valence-electron chi connectivity index (χ0n) is 14.5. The van der Waals surface area contributed by atoms with Gasteiger partial charge in [0, 0.05) is 35.8 Å². The molecule has 2 aromatic rings. The van der Waals surface area contributed by atoms with Crippen molar-refractivity contribution in [1.29, 1.82) is 0 Å². The predicted molar refractivity (Wildman–Crippen MR) is 99.3 cm³/mol. The van der Waals surface area contributed by atoms with Crippen molar-refractivity contribution in [2.45, 2.75) is 50.4 Å². The second kappa shape index (κ2) is 7.47. The first-order valence-corrected chi connectivity index (χ1v) is 10.0. The number of aryl methyl sites for hydroxylation is 1. The van der Waals surface area contributed by atoms with Crippen LogP contribution in [0.2, 0.25) is 0 Å². The molecule has 1 N–H and O–H groups in total. The first-order valence-electron chi connectivity index (χ1n) is 9.24. The van der Waals surface area contributed by atoms with E-state index in [1.807, 2.05) is 11.0 Å². The van der Waals surface area contributed by atoms with Crippen LogP contribution in [-0.4, -0.2) is 39.1 Å². The molecule has 1 aromatic heterocycles. The molecule has 1 saturated carbocycles. The Balaban J connectivity index is 1.27. The molecule has 7 heteroatoms. The molecule has 0 radical (unpaired) electrons. The summed E-state index contributed by atoms with van der Waals surface area (Å²) in [5.41, 5.74) is 0.589. The van der Waals surface area contributed by atoms with E-state index in [1.165, 1.54) is 18.9 Å². The second-order valence-electron chi connectivity index (χ2n) is 7.24. The Kier molecular flexibility index (Phi) is 5.07. The van der Waals surface area contributed by atoms with Crippen molar-refractivity contribution in [1.82, 2.24) is 20.1 Å². The number of halogens is 2. The van der Waals surface area contributed by atoms with E-state index in [-0.39, 0.29) is 11.7 Å². The molecule has 0 bridgehead atoms. The van der Waals surface area contributed by atoms with Crippen molar-refractivity contribution >= 4 is 21.8 Å². The maximum absolute atomic E-state index is 13.9. The second-order valence-corrected chi connectivity index (χ2v) is 8.16. The maximum Gasteiger partial charge on any atom is 0.222 e. The van der Waals surface area contributed by atoms with Crippen molar-refractivity contribution in [2.75, 3.05) is 13.1 Å². The fourth-order valence-corrected chi connectivity index (χ4v) is 3.85. The number of benzene rings is 1. The normalized spacial score (nSPS) is 18.3. The summed E-state index contributed by atoms with van der Waals surface area (Å²) in [7, 11) is 0. The predicted octanol–water partition coefficient (Wildman–Crippen LogP) is 3.92. The lowest BCUT2D eigenvalue weighted by Gasteiger charge is -2.31. The number of aromatic amines is 1. The number of hydrogen-bond donors (Lipinski definition) is 1. The van der Waals surface area contributed by atoms with Gasteiger partial charge in [-0.1, -0.05) is 22.0 Å². The summed E-state index contributed by atoms with van der Waals surface area (Å²) in [5, 5.41) is 7.42. The van der Waals surface area contributed by atoms with E-state index in [9.17, 15) is 9.18 Å². The van der Waals surface area contributed by atoms with E-state index in [0.717, 1.165) is 37.6 Å². The summed E-state index contributed by atoms with van der Waals surface area (Å²) in [6.07, 6.45) is 4.98. The van der Waals surface area contributed by atoms with Gasteiger partial charge in [-0.25, -0.2) is 9.37 Å². The standard InChI is InChI=1S/C19H22BrFN4O/c20-15-5-3-12(16(21)11-15)4-6-17(26)25-9-7-14(8-10-25)19-22-18(23-24-19)13-1-2-13/h3,5,11,13-14H,1-2,4,6-10H2,(H,22,23,24). The fourth-order valence-electron chi connectivity index (χ4n) is 3.52. The summed E-state index contributed by atoms with van der Waals surface area (Å²) >= 11 is 3.25. The molecule has 2 aliphatic rings. The van der Waals surface area contributed by atoms with Gasteiger partial charge in [-0.2, -0.15) is 5.10 Å². The number of H-pyrrole nitrogens is 1. The number of nitrogens with zero attached hydrogens (tertiary/aromatic N) is 3. The average molecular weight is 421 g/mol. The highest BCUT2D eigenvalue weighted by atomic mass is 79.9. The van der Waals surface area contributed by atoms with E-state index < -0.39 is 0 Å². The van der Waals surface area contributed by atoms with Crippen molar-refractivity contribution < 1.29 is 9.18 Å². The average Bonchev–Trinajstić information content (AvgIpc) is 3.38. The Morgan fingerprint density at radius 2 is 2.00 bits per heavy atom. The molecular formula is C19H22BrFN4O. The summed E-state index contributed by atoms with van der Waals surface area (Å²) in [4.78, 5) is 19.0. The number of aromatic nitrogens is 3. The zero-order chi connectivity index (χ0) is 18.1. The lowest BCUT2D eigenvalue weighted by molar-refractivity contribution is -0.132. The SMILES string of the molecule is O=C(CCc1ccc(Br)cc1F)N1CCC(c2nc(C3CC3)n[nH]2)CC1. The highest BCUT2D eigenvalue weighted by molar-refractivity contribution is 9.10. The van der Waals surface area contributed by atoms with Gasteiger partial charge in [0.15, 0.2) is 5.82 Å². The summed E-state index contributed by atoms with van der Waals surface area (Å²) in [6, 6.07) is 4.99. The molecule has 1 aliphatic carbocycles. The maximum atomic E-state index is 13.9. The van der Waals surface area contributed by atoms with Crippen molar-refractivity contribution in [3.05, 3.63) is 45.7 Å². The lowest BCUT2D eigenvalue weighted by atomic mass is 9.95. The van der Waals surface area contributed by atoms with E-state index in [2.05, 4.69) is 31.1 Å². The van der Waals surface area contributed by atoms with Crippen LogP contribution < -0.4 is 0 Å². The third-order valence-electron chi connectivity index (χ3n) is 5.32. The van der Waals surface area contributed by atoms with Crippen LogP contribution in [0.5, 0.6) is 0 Å². The molecule has 138 valence electrons. The van der Waals surface area contributed by atoms with E-state index in [0.29, 0.717) is 34.7 Å². The molecule has 2 fully saturated rings. The number of carbonyl (C=O) groups is 1. The van der Waals surface area contributed by atoms with Crippen molar-refractivity contribution in [3.8, 4) is 0 Å². The van der Waals surface area contributed by atoms with Crippen LogP contribution in [0, 0.1) is 5.82 Å². The number of amides is 1. The van der Waals surface area contributed by atoms with Crippen molar-refractivity contribution in [3.63, 3.8) is 0 Å². The monoisotopic (exact) mass is 420 g/mol. The third kappa shape index (κ3) is 3.98. The molecule has 5 nitrogen and oxygen atoms in total. The summed E-state index contributed by atoms with van der Waals surface area (Å²) < 4.78 is 14.6. The molecule has 1 aromatic carbocycles. The number of carbonyl (C=O) groups excluding carboxylic acids is 1. The highest BCUT2D eigenvalue weighted by Gasteiger charge is 2.30. The van der Waals surface area contributed by atoms with Crippen LogP contribution in [0.3, 0.4) is 0 Å². The molecule has 0 unspecified atom stereocenters. The highest BCUT2D eigenvalue weighted by Crippen LogP contribution is 2.38. The smallest absolute Gasteiger partial charge is 0.222 e. The lowest BCUT2D eigenvalue weighted by Crippen LogP contribution is -2.38. The van der Waals surface area contributed by atoms with Gasteiger partial charge in [0.1, 0.15) is 11.6 Å². The molecule has 4 rings (SSSR count). The Hall–Kier alpha value is -1.76. The topological polar surface area (TPSA) is 61.9 Å². The van der Waals surface area contributed by atoms with Gasteiger partial charge >= 0.3 is 0 Å². The van der Waals surface area contributed by atoms with E-state index in [4.69, 9.17) is 0 Å². The molecule has 26 heavy (non-hydrogen) atoms. The van der Waals surface area contributed by atoms with Crippen LogP contribution in [-0.2, 0) is 11.2 Å². The minimum Gasteiger partial charge on any atom is -0.343 e. The van der Waals surface area contributed by atoms with Crippen LogP contribution in [0.4, 0.5) is 4.39 Å². The quantitative estimate of drug-likeness (QED) is 0.796. The molecular weight excluding hydrogens is 399 g/mol. The fraction of sp³-hybridized carbons (Fsp3) is 0.526. The molecule has 0 spiro atoms. The molecule has 0 atom stereocenters. The van der Waals surface area contributed by atoms with Gasteiger partial charge in [-0.05, 0) is 49.8 Å². The third-order valence-corrected chi connectivity index (χ3v) is 5.81. The number of piperidine rings is 1. The van der Waals surface area contributed by atoms with Crippen LogP contribution >= 0.6 is 15.9 Å². The van der Waals surface area contributed by atoms with E-state index >= 15 is 0 Å². The molecule has 1 amide bonds. The van der Waals surface area contributed by atoms with Gasteiger partial charge < -0.3 is 4.90 Å². The van der Waals surface area contributed by atoms with E-state index in [1.54, 1.807) is 6.07 Å². The Morgan fingerprint density at radius 3 is 2.69 bits per heavy atom. The van der Waals surface area contributed by atoms with Gasteiger partial charge in [0.05, 0.1) is 0 Å². The van der Waals surface area contributed by atoms with Crippen molar-refractivity contribution in [2.24, 2.45) is 0 Å². The van der Waals surface area contributed by atoms with Gasteiger partial charge in [-0.3, -0.25) is 9.89 Å². The largest absolute Gasteiger partial charge is 0.343 e. The number of hydrogen-bond acceptors (Lipinski definition) is 3. The minimum absolute atomic E-state index is 0.0991. The Bertz CT molecular complexity index is 797. The Morgan fingerprint density at radius 1 is 1.23 bits per heavy atom. The number of nitrogens with one attached hydrogen (secondary N) is 1. The van der Waals surface area contributed by atoms with Crippen LogP contribution in [0.15, 0.2) is 22.7 Å². The summed E-state index contributed by atoms with van der Waals surface area (Å²) in [5.74, 6) is 2.67. The van der Waals surface area contributed by atoms with Gasteiger partial charge in [0.25, 0.3) is 0 Å². The minimum atomic E-state index is -0.261. The van der Waals surface area contributed by atoms with Crippen LogP contribution in [0.25, 0.3) is 0 Å². The van der Waals surface area contributed by atoms with Gasteiger partial charge in [0.2, 0.25) is 5.91 Å².